The zero-order chi connectivity index (χ0) is 14.9. The number of hydrogen-bond acceptors (Lipinski definition) is 3. The Hall–Kier alpha value is -2.14. The van der Waals surface area contributed by atoms with Crippen LogP contribution in [0.2, 0.25) is 0 Å². The minimum Gasteiger partial charge on any atom is -0.497 e. The van der Waals surface area contributed by atoms with Gasteiger partial charge in [0, 0.05) is 24.6 Å². The maximum absolute atomic E-state index is 5.24. The highest BCUT2D eigenvalue weighted by Crippen LogP contribution is 2.12. The van der Waals surface area contributed by atoms with Crippen LogP contribution >= 0.6 is 12.2 Å². The molecule has 1 aromatic heterocycles. The van der Waals surface area contributed by atoms with Crippen molar-refractivity contribution in [3.8, 4) is 5.75 Å². The van der Waals surface area contributed by atoms with E-state index in [1.54, 1.807) is 19.5 Å². The van der Waals surface area contributed by atoms with Gasteiger partial charge in [-0.15, -0.1) is 0 Å². The summed E-state index contributed by atoms with van der Waals surface area (Å²) < 4.78 is 5.14. The second-order valence-corrected chi connectivity index (χ2v) is 4.98. The lowest BCUT2D eigenvalue weighted by Crippen LogP contribution is -2.29. The first-order valence-corrected chi connectivity index (χ1v) is 7.26. The van der Waals surface area contributed by atoms with Crippen molar-refractivity contribution in [1.29, 1.82) is 0 Å². The fourth-order valence-corrected chi connectivity index (χ4v) is 2.12. The van der Waals surface area contributed by atoms with E-state index in [9.17, 15) is 0 Å². The third kappa shape index (κ3) is 5.39. The van der Waals surface area contributed by atoms with Crippen LogP contribution < -0.4 is 15.4 Å². The van der Waals surface area contributed by atoms with Gasteiger partial charge in [-0.25, -0.2) is 0 Å². The molecule has 0 spiro atoms. The second kappa shape index (κ2) is 8.21. The molecule has 0 aliphatic carbocycles. The van der Waals surface area contributed by atoms with Crippen LogP contribution in [0.3, 0.4) is 0 Å². The molecule has 2 rings (SSSR count). The Balaban J connectivity index is 1.66. The van der Waals surface area contributed by atoms with E-state index in [0.29, 0.717) is 5.11 Å². The Morgan fingerprint density at radius 1 is 1.14 bits per heavy atom. The first-order chi connectivity index (χ1) is 10.3. The Bertz CT molecular complexity index is 557. The molecule has 0 unspecified atom stereocenters. The van der Waals surface area contributed by atoms with Gasteiger partial charge in [0.05, 0.1) is 7.11 Å². The molecule has 0 fully saturated rings. The number of thiocarbonyl (C=S) groups is 1. The number of rotatable bonds is 6. The molecule has 21 heavy (non-hydrogen) atoms. The lowest BCUT2D eigenvalue weighted by atomic mass is 10.1. The average Bonchev–Trinajstić information content (AvgIpc) is 2.53. The van der Waals surface area contributed by atoms with Gasteiger partial charge in [-0.3, -0.25) is 4.98 Å². The van der Waals surface area contributed by atoms with Gasteiger partial charge in [-0.1, -0.05) is 12.1 Å². The van der Waals surface area contributed by atoms with Crippen LogP contribution in [0.15, 0.2) is 48.8 Å². The van der Waals surface area contributed by atoms with Crippen LogP contribution in [-0.4, -0.2) is 23.8 Å². The van der Waals surface area contributed by atoms with E-state index in [2.05, 4.69) is 27.8 Å². The average molecular weight is 301 g/mol. The van der Waals surface area contributed by atoms with E-state index in [-0.39, 0.29) is 0 Å². The van der Waals surface area contributed by atoms with Crippen LogP contribution in [0.1, 0.15) is 12.0 Å². The first kappa shape index (κ1) is 15.3. The maximum Gasteiger partial charge on any atom is 0.170 e. The van der Waals surface area contributed by atoms with Gasteiger partial charge in [-0.2, -0.15) is 0 Å². The van der Waals surface area contributed by atoms with Crippen LogP contribution in [-0.2, 0) is 6.42 Å². The number of hydrogen-bond donors (Lipinski definition) is 2. The molecule has 0 saturated heterocycles. The third-order valence-corrected chi connectivity index (χ3v) is 3.27. The van der Waals surface area contributed by atoms with Crippen molar-refractivity contribution in [3.05, 3.63) is 54.4 Å². The molecule has 2 aromatic rings. The second-order valence-electron chi connectivity index (χ2n) is 4.57. The van der Waals surface area contributed by atoms with Crippen LogP contribution in [0, 0.1) is 0 Å². The molecular formula is C16H19N3OS. The molecule has 4 nitrogen and oxygen atoms in total. The topological polar surface area (TPSA) is 46.2 Å². The molecule has 0 bridgehead atoms. The van der Waals surface area contributed by atoms with Crippen molar-refractivity contribution < 1.29 is 4.74 Å². The highest BCUT2D eigenvalue weighted by molar-refractivity contribution is 7.80. The first-order valence-electron chi connectivity index (χ1n) is 6.86. The van der Waals surface area contributed by atoms with Gasteiger partial charge in [0.1, 0.15) is 5.75 Å². The maximum atomic E-state index is 5.24. The smallest absolute Gasteiger partial charge is 0.170 e. The third-order valence-electron chi connectivity index (χ3n) is 3.03. The Morgan fingerprint density at radius 3 is 2.52 bits per heavy atom. The summed E-state index contributed by atoms with van der Waals surface area (Å²) in [6, 6.07) is 11.9. The summed E-state index contributed by atoms with van der Waals surface area (Å²) in [7, 11) is 1.68. The molecule has 110 valence electrons. The summed E-state index contributed by atoms with van der Waals surface area (Å²) in [4.78, 5) is 3.96. The van der Waals surface area contributed by atoms with E-state index in [4.69, 9.17) is 17.0 Å². The quantitative estimate of drug-likeness (QED) is 0.634. The predicted molar refractivity (Wildman–Crippen MR) is 89.8 cm³/mol. The van der Waals surface area contributed by atoms with E-state index in [1.165, 1.54) is 5.56 Å². The molecule has 0 aliphatic rings. The van der Waals surface area contributed by atoms with Gasteiger partial charge in [-0.05, 0) is 54.9 Å². The van der Waals surface area contributed by atoms with Gasteiger partial charge >= 0.3 is 0 Å². The lowest BCUT2D eigenvalue weighted by molar-refractivity contribution is 0.414. The number of aryl methyl sites for hydroxylation is 1. The summed E-state index contributed by atoms with van der Waals surface area (Å²) in [6.07, 6.45) is 5.49. The molecule has 1 heterocycles. The summed E-state index contributed by atoms with van der Waals surface area (Å²) in [5.74, 6) is 0.889. The summed E-state index contributed by atoms with van der Waals surface area (Å²) in [5, 5.41) is 6.95. The number of aromatic nitrogens is 1. The largest absolute Gasteiger partial charge is 0.497 e. The minimum absolute atomic E-state index is 0.635. The normalized spacial score (nSPS) is 9.95. The molecule has 0 radical (unpaired) electrons. The van der Waals surface area contributed by atoms with Gasteiger partial charge in [0.25, 0.3) is 0 Å². The fourth-order valence-electron chi connectivity index (χ4n) is 1.90. The molecule has 0 atom stereocenters. The van der Waals surface area contributed by atoms with E-state index >= 15 is 0 Å². The highest BCUT2D eigenvalue weighted by atomic mass is 32.1. The summed E-state index contributed by atoms with van der Waals surface area (Å²) in [5.41, 5.74) is 2.24. The SMILES string of the molecule is COc1ccc(CCCNC(=S)Nc2ccncc2)cc1. The molecular weight excluding hydrogens is 282 g/mol. The zero-order valence-corrected chi connectivity index (χ0v) is 12.8. The molecule has 2 N–H and O–H groups in total. The van der Waals surface area contributed by atoms with Crippen molar-refractivity contribution in [3.63, 3.8) is 0 Å². The standard InChI is InChI=1S/C16H19N3OS/c1-20-15-6-4-13(5-7-15)3-2-10-18-16(21)19-14-8-11-17-12-9-14/h4-9,11-12H,2-3,10H2,1H3,(H2,17,18,19,21). The Morgan fingerprint density at radius 2 is 1.86 bits per heavy atom. The predicted octanol–water partition coefficient (Wildman–Crippen LogP) is 3.01. The number of methoxy groups -OCH3 is 1. The number of anilines is 1. The zero-order valence-electron chi connectivity index (χ0n) is 12.0. The van der Waals surface area contributed by atoms with E-state index < -0.39 is 0 Å². The van der Waals surface area contributed by atoms with Crippen molar-refractivity contribution in [2.75, 3.05) is 19.0 Å². The molecule has 0 aliphatic heterocycles. The van der Waals surface area contributed by atoms with Gasteiger partial charge in [0.2, 0.25) is 0 Å². The van der Waals surface area contributed by atoms with Gasteiger partial charge in [0.15, 0.2) is 5.11 Å². The number of nitrogens with one attached hydrogen (secondary N) is 2. The number of benzene rings is 1. The van der Waals surface area contributed by atoms with Gasteiger partial charge < -0.3 is 15.4 Å². The van der Waals surface area contributed by atoms with E-state index in [1.807, 2.05) is 24.3 Å². The van der Waals surface area contributed by atoms with Crippen molar-refractivity contribution in [2.24, 2.45) is 0 Å². The fraction of sp³-hybridized carbons (Fsp3) is 0.250. The number of nitrogens with zero attached hydrogens (tertiary/aromatic N) is 1. The molecule has 1 aromatic carbocycles. The number of pyridine rings is 1. The monoisotopic (exact) mass is 301 g/mol. The van der Waals surface area contributed by atoms with E-state index in [0.717, 1.165) is 30.8 Å². The summed E-state index contributed by atoms with van der Waals surface area (Å²) >= 11 is 5.24. The van der Waals surface area contributed by atoms with Crippen LogP contribution in [0.4, 0.5) is 5.69 Å². The molecule has 5 heteroatoms. The minimum atomic E-state index is 0.635. The molecule has 0 amide bonds. The van der Waals surface area contributed by atoms with Crippen LogP contribution in [0.25, 0.3) is 0 Å². The van der Waals surface area contributed by atoms with Crippen molar-refractivity contribution in [2.45, 2.75) is 12.8 Å². The number of ether oxygens (including phenoxy) is 1. The van der Waals surface area contributed by atoms with Crippen LogP contribution in [0.5, 0.6) is 5.75 Å². The highest BCUT2D eigenvalue weighted by Gasteiger charge is 1.98. The summed E-state index contributed by atoms with van der Waals surface area (Å²) in [6.45, 7) is 0.836. The van der Waals surface area contributed by atoms with Crippen molar-refractivity contribution >= 4 is 23.0 Å². The van der Waals surface area contributed by atoms with Crippen molar-refractivity contribution in [1.82, 2.24) is 10.3 Å². The molecule has 0 saturated carbocycles. The lowest BCUT2D eigenvalue weighted by Gasteiger charge is -2.10. The Labute approximate surface area is 130 Å². The Kier molecular flexibility index (Phi) is 5.97.